The number of aromatic nitrogens is 1. The highest BCUT2D eigenvalue weighted by Crippen LogP contribution is 2.19. The normalized spacial score (nSPS) is 12.2. The summed E-state index contributed by atoms with van der Waals surface area (Å²) < 4.78 is 38.1. The van der Waals surface area contributed by atoms with Crippen LogP contribution in [0, 0.1) is 5.82 Å². The lowest BCUT2D eigenvalue weighted by molar-refractivity contribution is 0.517. The van der Waals surface area contributed by atoms with Crippen LogP contribution in [0.25, 0.3) is 10.9 Å². The number of sulfonamides is 1. The summed E-state index contributed by atoms with van der Waals surface area (Å²) in [5, 5.41) is 3.53. The first-order valence-electron chi connectivity index (χ1n) is 6.55. The maximum atomic E-state index is 13.7. The SMILES string of the molecule is CN(C)S(=O)(=O)CCNCc1ccc(F)c2cccnc12. The van der Waals surface area contributed by atoms with Gasteiger partial charge in [-0.25, -0.2) is 17.1 Å². The van der Waals surface area contributed by atoms with E-state index in [1.165, 1.54) is 24.5 Å². The minimum Gasteiger partial charge on any atom is -0.312 e. The van der Waals surface area contributed by atoms with Crippen LogP contribution in [0.3, 0.4) is 0 Å². The van der Waals surface area contributed by atoms with Gasteiger partial charge in [-0.2, -0.15) is 0 Å². The van der Waals surface area contributed by atoms with E-state index in [0.29, 0.717) is 24.0 Å². The van der Waals surface area contributed by atoms with Gasteiger partial charge in [-0.05, 0) is 23.8 Å². The standard InChI is InChI=1S/C14H18FN3O2S/c1-18(2)21(19,20)9-8-16-10-11-5-6-13(15)12-4-3-7-17-14(11)12/h3-7,16H,8-10H2,1-2H3. The van der Waals surface area contributed by atoms with Crippen molar-refractivity contribution in [1.29, 1.82) is 0 Å². The largest absolute Gasteiger partial charge is 0.312 e. The predicted molar refractivity (Wildman–Crippen MR) is 80.9 cm³/mol. The number of hydrogen-bond acceptors (Lipinski definition) is 4. The topological polar surface area (TPSA) is 62.3 Å². The van der Waals surface area contributed by atoms with Gasteiger partial charge in [-0.15, -0.1) is 0 Å². The molecule has 1 heterocycles. The van der Waals surface area contributed by atoms with Crippen molar-refractivity contribution in [3.63, 3.8) is 0 Å². The quantitative estimate of drug-likeness (QED) is 0.818. The molecule has 0 bridgehead atoms. The third kappa shape index (κ3) is 3.75. The molecule has 1 aromatic carbocycles. The second kappa shape index (κ2) is 6.46. The van der Waals surface area contributed by atoms with Crippen LogP contribution in [0.2, 0.25) is 0 Å². The summed E-state index contributed by atoms with van der Waals surface area (Å²) >= 11 is 0. The van der Waals surface area contributed by atoms with Crippen molar-refractivity contribution in [2.45, 2.75) is 6.54 Å². The molecular formula is C14H18FN3O2S. The van der Waals surface area contributed by atoms with E-state index in [9.17, 15) is 12.8 Å². The lowest BCUT2D eigenvalue weighted by atomic mass is 10.1. The minimum absolute atomic E-state index is 0.0204. The van der Waals surface area contributed by atoms with Crippen molar-refractivity contribution in [3.8, 4) is 0 Å². The fourth-order valence-corrected chi connectivity index (χ4v) is 2.71. The van der Waals surface area contributed by atoms with Gasteiger partial charge >= 0.3 is 0 Å². The monoisotopic (exact) mass is 311 g/mol. The van der Waals surface area contributed by atoms with Crippen LogP contribution in [0.15, 0.2) is 30.5 Å². The first kappa shape index (κ1) is 15.8. The zero-order chi connectivity index (χ0) is 15.5. The molecule has 7 heteroatoms. The molecule has 0 fully saturated rings. The van der Waals surface area contributed by atoms with Crippen LogP contribution >= 0.6 is 0 Å². The van der Waals surface area contributed by atoms with E-state index in [0.717, 1.165) is 5.56 Å². The molecule has 0 unspecified atom stereocenters. The van der Waals surface area contributed by atoms with Crippen LogP contribution in [-0.2, 0) is 16.6 Å². The van der Waals surface area contributed by atoms with E-state index >= 15 is 0 Å². The zero-order valence-electron chi connectivity index (χ0n) is 12.0. The van der Waals surface area contributed by atoms with Crippen LogP contribution in [0.4, 0.5) is 4.39 Å². The number of nitrogens with zero attached hydrogens (tertiary/aromatic N) is 2. The summed E-state index contributed by atoms with van der Waals surface area (Å²) in [6.07, 6.45) is 1.61. The van der Waals surface area contributed by atoms with E-state index in [1.807, 2.05) is 0 Å². The molecule has 1 N–H and O–H groups in total. The van der Waals surface area contributed by atoms with Gasteiger partial charge in [0.2, 0.25) is 10.0 Å². The number of benzene rings is 1. The average molecular weight is 311 g/mol. The molecule has 2 rings (SSSR count). The summed E-state index contributed by atoms with van der Waals surface area (Å²) in [6.45, 7) is 0.767. The molecule has 0 aliphatic heterocycles. The van der Waals surface area contributed by atoms with Gasteiger partial charge in [-0.1, -0.05) is 6.07 Å². The highest BCUT2D eigenvalue weighted by Gasteiger charge is 2.12. The van der Waals surface area contributed by atoms with Gasteiger partial charge < -0.3 is 5.32 Å². The Morgan fingerprint density at radius 2 is 2.05 bits per heavy atom. The minimum atomic E-state index is -3.21. The molecule has 21 heavy (non-hydrogen) atoms. The number of rotatable bonds is 6. The molecule has 5 nitrogen and oxygen atoms in total. The van der Waals surface area contributed by atoms with Gasteiger partial charge in [0.25, 0.3) is 0 Å². The molecule has 0 aliphatic carbocycles. The molecule has 2 aromatic rings. The number of pyridine rings is 1. The first-order chi connectivity index (χ1) is 9.92. The van der Waals surface area contributed by atoms with Crippen molar-refractivity contribution in [2.75, 3.05) is 26.4 Å². The van der Waals surface area contributed by atoms with E-state index < -0.39 is 10.0 Å². The van der Waals surface area contributed by atoms with Crippen molar-refractivity contribution in [2.24, 2.45) is 0 Å². The fourth-order valence-electron chi connectivity index (χ4n) is 1.95. The summed E-state index contributed by atoms with van der Waals surface area (Å²) in [6, 6.07) is 6.43. The smallest absolute Gasteiger partial charge is 0.214 e. The number of nitrogens with one attached hydrogen (secondary N) is 1. The van der Waals surface area contributed by atoms with Crippen LogP contribution in [0.1, 0.15) is 5.56 Å². The first-order valence-corrected chi connectivity index (χ1v) is 8.16. The predicted octanol–water partition coefficient (Wildman–Crippen LogP) is 1.35. The highest BCUT2D eigenvalue weighted by atomic mass is 32.2. The number of halogens is 1. The second-order valence-corrected chi connectivity index (χ2v) is 7.18. The summed E-state index contributed by atoms with van der Waals surface area (Å²) in [5.41, 5.74) is 1.44. The van der Waals surface area contributed by atoms with Gasteiger partial charge in [0.05, 0.1) is 11.3 Å². The van der Waals surface area contributed by atoms with Gasteiger partial charge in [0, 0.05) is 38.8 Å². The number of hydrogen-bond donors (Lipinski definition) is 1. The maximum absolute atomic E-state index is 13.7. The van der Waals surface area contributed by atoms with Crippen LogP contribution < -0.4 is 5.32 Å². The Balaban J connectivity index is 2.04. The Bertz CT molecular complexity index is 732. The second-order valence-electron chi connectivity index (χ2n) is 4.88. The van der Waals surface area contributed by atoms with Crippen molar-refractivity contribution in [3.05, 3.63) is 41.8 Å². The Morgan fingerprint density at radius 1 is 1.29 bits per heavy atom. The molecule has 0 atom stereocenters. The third-order valence-electron chi connectivity index (χ3n) is 3.21. The van der Waals surface area contributed by atoms with Crippen molar-refractivity contribution < 1.29 is 12.8 Å². The van der Waals surface area contributed by atoms with E-state index in [2.05, 4.69) is 10.3 Å². The van der Waals surface area contributed by atoms with Gasteiger partial charge in [0.1, 0.15) is 5.82 Å². The molecule has 0 radical (unpaired) electrons. The highest BCUT2D eigenvalue weighted by molar-refractivity contribution is 7.89. The van der Waals surface area contributed by atoms with Crippen LogP contribution in [-0.4, -0.2) is 44.1 Å². The lowest BCUT2D eigenvalue weighted by Gasteiger charge is -2.12. The van der Waals surface area contributed by atoms with Gasteiger partial charge in [0.15, 0.2) is 0 Å². The summed E-state index contributed by atoms with van der Waals surface area (Å²) in [5.74, 6) is -0.288. The molecular weight excluding hydrogens is 293 g/mol. The molecule has 0 saturated heterocycles. The Labute approximate surface area is 123 Å². The molecule has 0 saturated carbocycles. The maximum Gasteiger partial charge on any atom is 0.214 e. The van der Waals surface area contributed by atoms with E-state index in [-0.39, 0.29) is 11.6 Å². The van der Waals surface area contributed by atoms with Crippen molar-refractivity contribution in [1.82, 2.24) is 14.6 Å². The molecule has 0 aliphatic rings. The summed E-state index contributed by atoms with van der Waals surface area (Å²) in [7, 11) is -0.193. The Hall–Kier alpha value is -1.57. The Kier molecular flexibility index (Phi) is 4.87. The van der Waals surface area contributed by atoms with Crippen molar-refractivity contribution >= 4 is 20.9 Å². The fraction of sp³-hybridized carbons (Fsp3) is 0.357. The van der Waals surface area contributed by atoms with E-state index in [1.54, 1.807) is 24.4 Å². The number of fused-ring (bicyclic) bond motifs is 1. The average Bonchev–Trinajstić information content (AvgIpc) is 2.46. The Morgan fingerprint density at radius 3 is 2.76 bits per heavy atom. The van der Waals surface area contributed by atoms with E-state index in [4.69, 9.17) is 0 Å². The van der Waals surface area contributed by atoms with Crippen LogP contribution in [0.5, 0.6) is 0 Å². The molecule has 0 spiro atoms. The molecule has 0 amide bonds. The third-order valence-corrected chi connectivity index (χ3v) is 5.04. The van der Waals surface area contributed by atoms with Gasteiger partial charge in [-0.3, -0.25) is 4.98 Å². The molecule has 1 aromatic heterocycles. The molecule has 114 valence electrons. The lowest BCUT2D eigenvalue weighted by Crippen LogP contribution is -2.31. The summed E-state index contributed by atoms with van der Waals surface area (Å²) in [4.78, 5) is 4.19. The zero-order valence-corrected chi connectivity index (χ0v) is 12.8.